The zero-order valence-corrected chi connectivity index (χ0v) is 14.0. The summed E-state index contributed by atoms with van der Waals surface area (Å²) in [5.41, 5.74) is 2.39. The number of rotatable bonds is 3. The number of halogens is 1. The molecule has 0 saturated carbocycles. The molecule has 124 valence electrons. The number of anilines is 1. The molecule has 1 saturated heterocycles. The fourth-order valence-corrected chi connectivity index (χ4v) is 3.80. The molecule has 0 radical (unpaired) electrons. The minimum absolute atomic E-state index is 0.0565. The summed E-state index contributed by atoms with van der Waals surface area (Å²) in [6, 6.07) is 9.01. The Hall–Kier alpha value is -2.34. The third-order valence-corrected chi connectivity index (χ3v) is 5.00. The van der Waals surface area contributed by atoms with Gasteiger partial charge < -0.3 is 4.74 Å². The molecule has 1 aliphatic rings. The van der Waals surface area contributed by atoms with Crippen molar-refractivity contribution < 1.29 is 20.1 Å². The van der Waals surface area contributed by atoms with Crippen molar-refractivity contribution in [1.29, 1.82) is 0 Å². The van der Waals surface area contributed by atoms with Gasteiger partial charge in [-0.25, -0.2) is 9.18 Å². The quantitative estimate of drug-likeness (QED) is 0.795. The third-order valence-electron chi connectivity index (χ3n) is 3.81. The van der Waals surface area contributed by atoms with Crippen molar-refractivity contribution in [3.05, 3.63) is 64.9 Å². The summed E-state index contributed by atoms with van der Waals surface area (Å²) in [7, 11) is 1.31. The number of ether oxygens (including phenoxy) is 1. The minimum atomic E-state index is -0.478. The van der Waals surface area contributed by atoms with E-state index in [1.807, 2.05) is 0 Å². The first kappa shape index (κ1) is 15.2. The molecule has 0 spiro atoms. The Bertz CT molecular complexity index is 858. The van der Waals surface area contributed by atoms with Crippen LogP contribution in [0.1, 0.15) is 28.2 Å². The first-order valence-electron chi connectivity index (χ1n) is 7.81. The van der Waals surface area contributed by atoms with Gasteiger partial charge >= 0.3 is 5.97 Å². The average molecular weight is 346 g/mol. The molecule has 24 heavy (non-hydrogen) atoms. The van der Waals surface area contributed by atoms with E-state index in [1.165, 1.54) is 24.9 Å². The summed E-state index contributed by atoms with van der Waals surface area (Å²) < 4.78 is 26.0. The predicted molar refractivity (Wildman–Crippen MR) is 91.6 cm³/mol. The van der Waals surface area contributed by atoms with Crippen LogP contribution in [0.15, 0.2) is 42.4 Å². The number of aryl methyl sites for hydroxylation is 1. The zero-order valence-electron chi connectivity index (χ0n) is 14.2. The first-order chi connectivity index (χ1) is 11.9. The lowest BCUT2D eigenvalue weighted by Crippen LogP contribution is -2.28. The van der Waals surface area contributed by atoms with Crippen molar-refractivity contribution in [2.75, 3.05) is 17.8 Å². The van der Waals surface area contributed by atoms with Crippen LogP contribution in [0, 0.1) is 12.7 Å². The highest BCUT2D eigenvalue weighted by Gasteiger charge is 2.34. The molecule has 6 heteroatoms. The Kier molecular flexibility index (Phi) is 4.21. The van der Waals surface area contributed by atoms with Crippen LogP contribution in [-0.2, 0) is 9.53 Å². The fourth-order valence-electron chi connectivity index (χ4n) is 2.66. The second-order valence-electron chi connectivity index (χ2n) is 5.38. The Morgan fingerprint density at radius 3 is 2.83 bits per heavy atom. The average Bonchev–Trinajstić information content (AvgIpc) is 2.95. The predicted octanol–water partition coefficient (Wildman–Crippen LogP) is 3.70. The Morgan fingerprint density at radius 2 is 2.17 bits per heavy atom. The number of hydrogen-bond donors (Lipinski definition) is 0. The fraction of sp³-hybridized carbons (Fsp3) is 0.222. The number of esters is 1. The van der Waals surface area contributed by atoms with Crippen LogP contribution in [0.2, 0.25) is 0 Å². The molecule has 1 fully saturated rings. The first-order valence-corrected chi connectivity index (χ1v) is 8.36. The van der Waals surface area contributed by atoms with Gasteiger partial charge in [0.15, 0.2) is 0 Å². The third kappa shape index (κ3) is 3.01. The van der Waals surface area contributed by atoms with E-state index >= 15 is 0 Å². The van der Waals surface area contributed by atoms with E-state index < -0.39 is 17.2 Å². The largest absolute Gasteiger partial charge is 0.465 e. The van der Waals surface area contributed by atoms with Crippen molar-refractivity contribution in [3.63, 3.8) is 0 Å². The van der Waals surface area contributed by atoms with E-state index in [2.05, 4.69) is 0 Å². The molecule has 2 aromatic carbocycles. The van der Waals surface area contributed by atoms with E-state index in [0.29, 0.717) is 16.8 Å². The molecule has 0 N–H and O–H groups in total. The molecule has 0 aromatic heterocycles. The molecule has 1 amide bonds. The number of carbonyl (C=O) groups excluding carboxylic acids is 2. The van der Waals surface area contributed by atoms with Crippen LogP contribution in [0.5, 0.6) is 0 Å². The molecule has 1 heterocycles. The molecule has 1 unspecified atom stereocenters. The molecule has 1 atom stereocenters. The maximum Gasteiger partial charge on any atom is 0.337 e. The van der Waals surface area contributed by atoms with Crippen LogP contribution in [-0.4, -0.2) is 24.7 Å². The van der Waals surface area contributed by atoms with Crippen molar-refractivity contribution in [2.45, 2.75) is 12.3 Å². The maximum atomic E-state index is 13.3. The maximum absolute atomic E-state index is 13.3. The van der Waals surface area contributed by atoms with Gasteiger partial charge in [-0.2, -0.15) is 0 Å². The van der Waals surface area contributed by atoms with Crippen molar-refractivity contribution >= 4 is 29.3 Å². The number of hydrogen-bond acceptors (Lipinski definition) is 4. The van der Waals surface area contributed by atoms with Gasteiger partial charge in [0.05, 0.1) is 19.8 Å². The minimum Gasteiger partial charge on any atom is -0.465 e. The van der Waals surface area contributed by atoms with Crippen LogP contribution in [0.25, 0.3) is 0 Å². The molecule has 0 aliphatic carbocycles. The monoisotopic (exact) mass is 346 g/mol. The van der Waals surface area contributed by atoms with Gasteiger partial charge in [-0.15, -0.1) is 11.8 Å². The zero-order chi connectivity index (χ0) is 18.1. The van der Waals surface area contributed by atoms with Gasteiger partial charge in [-0.3, -0.25) is 9.69 Å². The van der Waals surface area contributed by atoms with E-state index in [0.717, 1.165) is 11.6 Å². The molecule has 1 aliphatic heterocycles. The number of thioether (sulfide) groups is 1. The summed E-state index contributed by atoms with van der Waals surface area (Å²) >= 11 is 1.39. The molecule has 0 bridgehead atoms. The number of methoxy groups -OCH3 is 1. The number of carbonyl (C=O) groups is 2. The van der Waals surface area contributed by atoms with Gasteiger partial charge in [0.1, 0.15) is 11.2 Å². The standard InChI is InChI=1S/C18H16FNO3S/c1-11-9-13(18(22)23-2)5-8-15(11)20-16(21)10-24-17(20)12-3-6-14(19)7-4-12/h3-9,17H,10H2,1-2H3/i3D. The summed E-state index contributed by atoms with van der Waals surface area (Å²) in [4.78, 5) is 25.7. The lowest BCUT2D eigenvalue weighted by molar-refractivity contribution is -0.115. The van der Waals surface area contributed by atoms with Crippen LogP contribution in [0.4, 0.5) is 10.1 Å². The number of amides is 1. The molecular formula is C18H16FNO3S. The molecule has 4 nitrogen and oxygen atoms in total. The van der Waals surface area contributed by atoms with Gasteiger partial charge in [0, 0.05) is 5.69 Å². The van der Waals surface area contributed by atoms with E-state index in [-0.39, 0.29) is 17.7 Å². The van der Waals surface area contributed by atoms with Gasteiger partial charge in [0.2, 0.25) is 5.91 Å². The van der Waals surface area contributed by atoms with Crippen LogP contribution >= 0.6 is 11.8 Å². The lowest BCUT2D eigenvalue weighted by Gasteiger charge is -2.26. The van der Waals surface area contributed by atoms with Crippen molar-refractivity contribution in [2.24, 2.45) is 0 Å². The van der Waals surface area contributed by atoms with Gasteiger partial charge in [-0.1, -0.05) is 12.1 Å². The molecule has 3 rings (SSSR count). The smallest absolute Gasteiger partial charge is 0.337 e. The SMILES string of the molecule is [2H]c1cc(F)ccc1C1SCC(=O)N1c1ccc(C(=O)OC)cc1C. The summed E-state index contributed by atoms with van der Waals surface area (Å²) in [5, 5.41) is -0.400. The normalized spacial score (nSPS) is 17.8. The van der Waals surface area contributed by atoms with Gasteiger partial charge in [-0.05, 0) is 48.4 Å². The number of nitrogens with zero attached hydrogens (tertiary/aromatic N) is 1. The van der Waals surface area contributed by atoms with E-state index in [1.54, 1.807) is 36.1 Å². The summed E-state index contributed by atoms with van der Waals surface area (Å²) in [6.45, 7) is 1.81. The topological polar surface area (TPSA) is 46.6 Å². The molecule has 2 aromatic rings. The highest BCUT2D eigenvalue weighted by atomic mass is 32.2. The molecular weight excluding hydrogens is 329 g/mol. The second-order valence-corrected chi connectivity index (χ2v) is 6.45. The Balaban J connectivity index is 2.01. The highest BCUT2D eigenvalue weighted by molar-refractivity contribution is 8.00. The summed E-state index contributed by atoms with van der Waals surface area (Å²) in [5.74, 6) is -0.735. The Morgan fingerprint density at radius 1 is 1.38 bits per heavy atom. The lowest BCUT2D eigenvalue weighted by atomic mass is 10.1. The second kappa shape index (κ2) is 6.65. The van der Waals surface area contributed by atoms with Gasteiger partial charge in [0.25, 0.3) is 0 Å². The summed E-state index contributed by atoms with van der Waals surface area (Å²) in [6.07, 6.45) is 0. The van der Waals surface area contributed by atoms with E-state index in [9.17, 15) is 14.0 Å². The van der Waals surface area contributed by atoms with Crippen LogP contribution in [0.3, 0.4) is 0 Å². The number of benzene rings is 2. The van der Waals surface area contributed by atoms with Crippen molar-refractivity contribution in [3.8, 4) is 0 Å². The van der Waals surface area contributed by atoms with E-state index in [4.69, 9.17) is 6.11 Å². The van der Waals surface area contributed by atoms with Crippen LogP contribution < -0.4 is 4.90 Å². The van der Waals surface area contributed by atoms with Crippen molar-refractivity contribution in [1.82, 2.24) is 0 Å². The Labute approximate surface area is 145 Å². The highest BCUT2D eigenvalue weighted by Crippen LogP contribution is 2.42.